The molecule has 9 heteroatoms. The summed E-state index contributed by atoms with van der Waals surface area (Å²) in [6, 6.07) is 6.35. The van der Waals surface area contributed by atoms with Crippen LogP contribution in [0.2, 0.25) is 0 Å². The Labute approximate surface area is 138 Å². The predicted molar refractivity (Wildman–Crippen MR) is 86.8 cm³/mol. The van der Waals surface area contributed by atoms with Crippen LogP contribution in [0.1, 0.15) is 12.0 Å². The van der Waals surface area contributed by atoms with E-state index in [0.717, 1.165) is 17.7 Å². The molecule has 2 unspecified atom stereocenters. The Balaban J connectivity index is 2.17. The van der Waals surface area contributed by atoms with E-state index in [1.165, 1.54) is 12.1 Å². The first-order valence-corrected chi connectivity index (χ1v) is 8.65. The number of phenols is 1. The lowest BCUT2D eigenvalue weighted by Gasteiger charge is -2.25. The number of nitrogens with zero attached hydrogens (tertiary/aromatic N) is 1. The summed E-state index contributed by atoms with van der Waals surface area (Å²) in [6.45, 7) is 0. The zero-order chi connectivity index (χ0) is 17.9. The molecule has 0 aromatic heterocycles. The van der Waals surface area contributed by atoms with E-state index in [4.69, 9.17) is 9.79 Å². The minimum Gasteiger partial charge on any atom is -0.511 e. The van der Waals surface area contributed by atoms with Crippen molar-refractivity contribution >= 4 is 13.5 Å². The molecule has 0 amide bonds. The average Bonchev–Trinajstić information content (AvgIpc) is 2.44. The SMILES string of the molecule is O=P(O)(O)N=C1C=C(O)C=C(O)C1C(O)CCc1ccc(O)cc1. The fraction of sp³-hybridized carbons (Fsp3) is 0.267. The number of rotatable bonds is 5. The van der Waals surface area contributed by atoms with Gasteiger partial charge in [0.2, 0.25) is 0 Å². The maximum atomic E-state index is 11.1. The van der Waals surface area contributed by atoms with E-state index in [1.54, 1.807) is 12.1 Å². The van der Waals surface area contributed by atoms with Gasteiger partial charge in [-0.2, -0.15) is 4.76 Å². The Morgan fingerprint density at radius 3 is 2.29 bits per heavy atom. The predicted octanol–water partition coefficient (Wildman–Crippen LogP) is 1.73. The number of aromatic hydroxyl groups is 1. The fourth-order valence-corrected chi connectivity index (χ4v) is 2.94. The molecule has 2 atom stereocenters. The smallest absolute Gasteiger partial charge is 0.448 e. The quantitative estimate of drug-likeness (QED) is 0.440. The van der Waals surface area contributed by atoms with E-state index in [-0.39, 0.29) is 17.9 Å². The summed E-state index contributed by atoms with van der Waals surface area (Å²) in [6.07, 6.45) is 1.39. The molecule has 6 N–H and O–H groups in total. The van der Waals surface area contributed by atoms with Gasteiger partial charge in [-0.25, -0.2) is 4.57 Å². The lowest BCUT2D eigenvalue weighted by molar-refractivity contribution is 0.122. The van der Waals surface area contributed by atoms with Crippen molar-refractivity contribution in [3.05, 3.63) is 53.5 Å². The second-order valence-corrected chi connectivity index (χ2v) is 6.65. The Morgan fingerprint density at radius 1 is 1.08 bits per heavy atom. The Hall–Kier alpha value is -2.12. The van der Waals surface area contributed by atoms with Crippen LogP contribution in [-0.2, 0) is 11.0 Å². The zero-order valence-electron chi connectivity index (χ0n) is 12.5. The molecule has 1 aliphatic rings. The number of aliphatic hydroxyl groups is 3. The van der Waals surface area contributed by atoms with Crippen LogP contribution in [0.15, 0.2) is 52.7 Å². The van der Waals surface area contributed by atoms with Crippen LogP contribution in [0.3, 0.4) is 0 Å². The molecule has 0 aliphatic heterocycles. The zero-order valence-corrected chi connectivity index (χ0v) is 13.4. The van der Waals surface area contributed by atoms with Gasteiger partial charge in [0.1, 0.15) is 17.3 Å². The van der Waals surface area contributed by atoms with Crippen molar-refractivity contribution in [1.29, 1.82) is 0 Å². The number of hydrogen-bond acceptors (Lipinski definition) is 5. The third-order valence-corrected chi connectivity index (χ3v) is 4.02. The monoisotopic (exact) mass is 355 g/mol. The molecule has 2 rings (SSSR count). The third kappa shape index (κ3) is 4.94. The number of aryl methyl sites for hydroxylation is 1. The summed E-state index contributed by atoms with van der Waals surface area (Å²) >= 11 is 0. The molecule has 1 aliphatic carbocycles. The van der Waals surface area contributed by atoms with Gasteiger partial charge in [-0.3, -0.25) is 0 Å². The molecule has 0 saturated heterocycles. The van der Waals surface area contributed by atoms with E-state index < -0.39 is 31.3 Å². The van der Waals surface area contributed by atoms with Gasteiger partial charge >= 0.3 is 7.75 Å². The molecular weight excluding hydrogens is 337 g/mol. The van der Waals surface area contributed by atoms with Gasteiger partial charge < -0.3 is 30.2 Å². The molecule has 8 nitrogen and oxygen atoms in total. The standard InChI is InChI=1S/C15H18NO7P/c17-10-4-1-9(2-5-10)3-6-13(19)15-12(16-24(21,22)23)7-11(18)8-14(15)20/h1-2,4-5,7-8,13,15,17-20H,3,6H2,(H2,21,22,23). The van der Waals surface area contributed by atoms with E-state index >= 15 is 0 Å². The van der Waals surface area contributed by atoms with Crippen LogP contribution >= 0.6 is 7.75 Å². The van der Waals surface area contributed by atoms with Crippen LogP contribution in [0, 0.1) is 5.92 Å². The molecule has 0 saturated carbocycles. The summed E-state index contributed by atoms with van der Waals surface area (Å²) in [7, 11) is -4.79. The van der Waals surface area contributed by atoms with Crippen molar-refractivity contribution in [2.45, 2.75) is 18.9 Å². The summed E-state index contributed by atoms with van der Waals surface area (Å²) < 4.78 is 14.3. The maximum Gasteiger partial charge on any atom is 0.448 e. The average molecular weight is 355 g/mol. The van der Waals surface area contributed by atoms with Gasteiger partial charge in [0, 0.05) is 12.2 Å². The molecule has 0 fully saturated rings. The minimum atomic E-state index is -4.79. The second-order valence-electron chi connectivity index (χ2n) is 5.43. The van der Waals surface area contributed by atoms with Gasteiger partial charge in [0.25, 0.3) is 0 Å². The second kappa shape index (κ2) is 7.19. The Kier molecular flexibility index (Phi) is 5.46. The normalized spacial score (nSPS) is 21.3. The van der Waals surface area contributed by atoms with Gasteiger partial charge in [-0.05, 0) is 30.5 Å². The first-order valence-electron chi connectivity index (χ1n) is 7.08. The Morgan fingerprint density at radius 2 is 1.71 bits per heavy atom. The maximum absolute atomic E-state index is 11.1. The van der Waals surface area contributed by atoms with E-state index in [1.807, 2.05) is 0 Å². The van der Waals surface area contributed by atoms with Gasteiger partial charge in [0.15, 0.2) is 0 Å². The molecule has 1 aromatic carbocycles. The fourth-order valence-electron chi connectivity index (χ4n) is 2.46. The first kappa shape index (κ1) is 18.2. The highest BCUT2D eigenvalue weighted by Gasteiger charge is 2.32. The molecule has 0 heterocycles. The number of allylic oxidation sites excluding steroid dienone is 2. The molecule has 130 valence electrons. The topological polar surface area (TPSA) is 151 Å². The van der Waals surface area contributed by atoms with Crippen LogP contribution in [0.4, 0.5) is 0 Å². The first-order chi connectivity index (χ1) is 11.2. The van der Waals surface area contributed by atoms with Gasteiger partial charge in [-0.15, -0.1) is 0 Å². The van der Waals surface area contributed by atoms with Crippen molar-refractivity contribution in [3.8, 4) is 5.75 Å². The van der Waals surface area contributed by atoms with Crippen molar-refractivity contribution in [2.75, 3.05) is 0 Å². The highest BCUT2D eigenvalue weighted by atomic mass is 31.2. The summed E-state index contributed by atoms with van der Waals surface area (Å²) in [5, 5.41) is 39.0. The molecule has 0 radical (unpaired) electrons. The Bertz CT molecular complexity index is 733. The van der Waals surface area contributed by atoms with Crippen LogP contribution in [-0.4, -0.2) is 42.0 Å². The molecule has 1 aromatic rings. The lowest BCUT2D eigenvalue weighted by Crippen LogP contribution is -2.31. The lowest BCUT2D eigenvalue weighted by atomic mass is 9.87. The van der Waals surface area contributed by atoms with Crippen LogP contribution < -0.4 is 0 Å². The van der Waals surface area contributed by atoms with Crippen molar-refractivity contribution in [3.63, 3.8) is 0 Å². The van der Waals surface area contributed by atoms with Crippen molar-refractivity contribution in [2.24, 2.45) is 10.7 Å². The molecular formula is C15H18NO7P. The van der Waals surface area contributed by atoms with Crippen molar-refractivity contribution < 1.29 is 34.8 Å². The van der Waals surface area contributed by atoms with Crippen molar-refractivity contribution in [1.82, 2.24) is 0 Å². The summed E-state index contributed by atoms with van der Waals surface area (Å²) in [4.78, 5) is 18.0. The molecule has 24 heavy (non-hydrogen) atoms. The van der Waals surface area contributed by atoms with Gasteiger partial charge in [-0.1, -0.05) is 12.1 Å². The minimum absolute atomic E-state index is 0.115. The van der Waals surface area contributed by atoms with E-state index in [0.29, 0.717) is 6.42 Å². The number of benzene rings is 1. The third-order valence-electron chi connectivity index (χ3n) is 3.52. The summed E-state index contributed by atoms with van der Waals surface area (Å²) in [5.74, 6) is -1.88. The number of phenolic OH excluding ortho intramolecular Hbond substituents is 1. The van der Waals surface area contributed by atoms with E-state index in [9.17, 15) is 25.0 Å². The number of aliphatic hydroxyl groups excluding tert-OH is 3. The van der Waals surface area contributed by atoms with Crippen LogP contribution in [0.5, 0.6) is 5.75 Å². The van der Waals surface area contributed by atoms with Crippen LogP contribution in [0.25, 0.3) is 0 Å². The van der Waals surface area contributed by atoms with E-state index in [2.05, 4.69) is 4.76 Å². The van der Waals surface area contributed by atoms with Gasteiger partial charge in [0.05, 0.1) is 17.7 Å². The molecule has 0 spiro atoms. The summed E-state index contributed by atoms with van der Waals surface area (Å²) in [5.41, 5.74) is 0.539. The largest absolute Gasteiger partial charge is 0.511 e. The molecule has 0 bridgehead atoms. The highest BCUT2D eigenvalue weighted by Crippen LogP contribution is 2.39. The number of hydrogen-bond donors (Lipinski definition) is 6. The highest BCUT2D eigenvalue weighted by molar-refractivity contribution is 7.50.